The van der Waals surface area contributed by atoms with E-state index in [1.807, 2.05) is 25.1 Å². The minimum absolute atomic E-state index is 0.565. The van der Waals surface area contributed by atoms with E-state index in [1.54, 1.807) is 7.11 Å². The first-order valence-electron chi connectivity index (χ1n) is 7.09. The number of benzene rings is 2. The van der Waals surface area contributed by atoms with Gasteiger partial charge in [-0.15, -0.1) is 0 Å². The van der Waals surface area contributed by atoms with Gasteiger partial charge in [-0.1, -0.05) is 41.9 Å². The van der Waals surface area contributed by atoms with Gasteiger partial charge in [0.1, 0.15) is 13.1 Å². The Labute approximate surface area is 130 Å². The average Bonchev–Trinajstić information content (AvgIpc) is 2.51. The van der Waals surface area contributed by atoms with Crippen LogP contribution in [0.25, 0.3) is 0 Å². The monoisotopic (exact) mass is 306 g/mol. The van der Waals surface area contributed by atoms with E-state index in [2.05, 4.69) is 29.6 Å². The number of quaternary nitrogens is 1. The predicted octanol–water partition coefficient (Wildman–Crippen LogP) is 3.01. The number of halogens is 1. The maximum Gasteiger partial charge on any atom is 0.179 e. The molecular formula is C17H21ClNO2+. The Hall–Kier alpha value is -1.71. The van der Waals surface area contributed by atoms with Crippen molar-refractivity contribution >= 4 is 11.6 Å². The molecule has 2 rings (SSSR count). The van der Waals surface area contributed by atoms with Gasteiger partial charge in [0, 0.05) is 11.1 Å². The highest BCUT2D eigenvalue weighted by Crippen LogP contribution is 2.36. The van der Waals surface area contributed by atoms with Gasteiger partial charge < -0.3 is 14.8 Å². The highest BCUT2D eigenvalue weighted by atomic mass is 35.5. The average molecular weight is 307 g/mol. The van der Waals surface area contributed by atoms with Gasteiger partial charge in [0.05, 0.1) is 18.7 Å². The Kier molecular flexibility index (Phi) is 5.90. The molecule has 0 saturated carbocycles. The van der Waals surface area contributed by atoms with Crippen LogP contribution < -0.4 is 14.8 Å². The molecule has 2 aromatic carbocycles. The zero-order valence-electron chi connectivity index (χ0n) is 12.4. The molecule has 2 N–H and O–H groups in total. The third-order valence-electron chi connectivity index (χ3n) is 3.18. The molecule has 2 aromatic rings. The largest absolute Gasteiger partial charge is 0.493 e. The van der Waals surface area contributed by atoms with Crippen LogP contribution in [0.2, 0.25) is 5.02 Å². The molecule has 3 nitrogen and oxygen atoms in total. The SMILES string of the molecule is CCOc1c(Cl)cc(C[NH2+]Cc2ccccc2)cc1OC. The van der Waals surface area contributed by atoms with Gasteiger partial charge in [-0.2, -0.15) is 0 Å². The van der Waals surface area contributed by atoms with Crippen LogP contribution in [0.5, 0.6) is 11.5 Å². The number of nitrogens with two attached hydrogens (primary N) is 1. The molecular weight excluding hydrogens is 286 g/mol. The minimum atomic E-state index is 0.565. The lowest BCUT2D eigenvalue weighted by Crippen LogP contribution is -2.80. The third-order valence-corrected chi connectivity index (χ3v) is 3.46. The molecule has 0 fully saturated rings. The zero-order chi connectivity index (χ0) is 15.1. The Morgan fingerprint density at radius 3 is 2.43 bits per heavy atom. The Morgan fingerprint density at radius 1 is 1.05 bits per heavy atom. The molecule has 4 heteroatoms. The van der Waals surface area contributed by atoms with Crippen molar-refractivity contribution in [3.8, 4) is 11.5 Å². The van der Waals surface area contributed by atoms with Crippen LogP contribution in [0.4, 0.5) is 0 Å². The zero-order valence-corrected chi connectivity index (χ0v) is 13.2. The van der Waals surface area contributed by atoms with E-state index >= 15 is 0 Å². The van der Waals surface area contributed by atoms with Crippen LogP contribution in [0.1, 0.15) is 18.1 Å². The topological polar surface area (TPSA) is 35.1 Å². The van der Waals surface area contributed by atoms with Crippen LogP contribution in [-0.2, 0) is 13.1 Å². The molecule has 0 amide bonds. The summed E-state index contributed by atoms with van der Waals surface area (Å²) in [4.78, 5) is 0. The lowest BCUT2D eigenvalue weighted by atomic mass is 10.2. The summed E-state index contributed by atoms with van der Waals surface area (Å²) in [6, 6.07) is 14.3. The first kappa shape index (κ1) is 15.7. The van der Waals surface area contributed by atoms with Crippen molar-refractivity contribution in [2.45, 2.75) is 20.0 Å². The van der Waals surface area contributed by atoms with E-state index in [4.69, 9.17) is 21.1 Å². The van der Waals surface area contributed by atoms with Crippen molar-refractivity contribution in [1.82, 2.24) is 0 Å². The predicted molar refractivity (Wildman–Crippen MR) is 84.9 cm³/mol. The summed E-state index contributed by atoms with van der Waals surface area (Å²) in [6.45, 7) is 4.28. The first-order chi connectivity index (χ1) is 10.2. The van der Waals surface area contributed by atoms with Gasteiger partial charge in [0.15, 0.2) is 11.5 Å². The maximum absolute atomic E-state index is 6.27. The van der Waals surface area contributed by atoms with Gasteiger partial charge in [-0.25, -0.2) is 0 Å². The Morgan fingerprint density at radius 2 is 1.76 bits per heavy atom. The van der Waals surface area contributed by atoms with Crippen LogP contribution in [0.3, 0.4) is 0 Å². The molecule has 0 bridgehead atoms. The van der Waals surface area contributed by atoms with Crippen molar-refractivity contribution in [2.24, 2.45) is 0 Å². The number of ether oxygens (including phenoxy) is 2. The molecule has 0 aromatic heterocycles. The number of hydrogen-bond acceptors (Lipinski definition) is 2. The molecule has 112 valence electrons. The fraction of sp³-hybridized carbons (Fsp3) is 0.294. The molecule has 0 atom stereocenters. The molecule has 0 spiro atoms. The lowest BCUT2D eigenvalue weighted by molar-refractivity contribution is -0.686. The number of hydrogen-bond donors (Lipinski definition) is 1. The molecule has 0 aliphatic heterocycles. The highest BCUT2D eigenvalue weighted by molar-refractivity contribution is 6.32. The summed E-state index contributed by atoms with van der Waals surface area (Å²) in [5, 5.41) is 2.83. The molecule has 0 saturated heterocycles. The van der Waals surface area contributed by atoms with Gasteiger partial charge in [0.2, 0.25) is 0 Å². The van der Waals surface area contributed by atoms with Crippen LogP contribution in [0.15, 0.2) is 42.5 Å². The van der Waals surface area contributed by atoms with E-state index < -0.39 is 0 Å². The number of methoxy groups -OCH3 is 1. The van der Waals surface area contributed by atoms with Gasteiger partial charge in [0.25, 0.3) is 0 Å². The van der Waals surface area contributed by atoms with Gasteiger partial charge in [-0.3, -0.25) is 0 Å². The molecule has 0 aliphatic carbocycles. The Bertz CT molecular complexity index is 573. The standard InChI is InChI=1S/C17H20ClNO2/c1-3-21-17-15(18)9-14(10-16(17)20-2)12-19-11-13-7-5-4-6-8-13/h4-10,19H,3,11-12H2,1-2H3/p+1. The highest BCUT2D eigenvalue weighted by Gasteiger charge is 2.12. The first-order valence-corrected chi connectivity index (χ1v) is 7.47. The molecule has 0 aliphatic rings. The van der Waals surface area contributed by atoms with E-state index in [1.165, 1.54) is 5.56 Å². The molecule has 0 radical (unpaired) electrons. The summed E-state index contributed by atoms with van der Waals surface area (Å²) in [7, 11) is 1.63. The summed E-state index contributed by atoms with van der Waals surface area (Å²) in [5.41, 5.74) is 2.43. The quantitative estimate of drug-likeness (QED) is 0.853. The summed E-state index contributed by atoms with van der Waals surface area (Å²) >= 11 is 6.27. The second-order valence-electron chi connectivity index (χ2n) is 4.72. The summed E-state index contributed by atoms with van der Waals surface area (Å²) < 4.78 is 10.9. The fourth-order valence-corrected chi connectivity index (χ4v) is 2.48. The Balaban J connectivity index is 2.02. The van der Waals surface area contributed by atoms with E-state index in [9.17, 15) is 0 Å². The second kappa shape index (κ2) is 7.91. The van der Waals surface area contributed by atoms with E-state index in [0.29, 0.717) is 23.1 Å². The summed E-state index contributed by atoms with van der Waals surface area (Å²) in [5.74, 6) is 1.31. The van der Waals surface area contributed by atoms with Crippen LogP contribution in [0, 0.1) is 0 Å². The smallest absolute Gasteiger partial charge is 0.179 e. The van der Waals surface area contributed by atoms with Crippen molar-refractivity contribution < 1.29 is 14.8 Å². The fourth-order valence-electron chi connectivity index (χ4n) is 2.20. The van der Waals surface area contributed by atoms with Gasteiger partial charge >= 0.3 is 0 Å². The van der Waals surface area contributed by atoms with Crippen molar-refractivity contribution in [2.75, 3.05) is 13.7 Å². The molecule has 0 unspecified atom stereocenters. The lowest BCUT2D eigenvalue weighted by Gasteiger charge is -2.12. The van der Waals surface area contributed by atoms with Crippen molar-refractivity contribution in [3.05, 3.63) is 58.6 Å². The van der Waals surface area contributed by atoms with Gasteiger partial charge in [-0.05, 0) is 19.1 Å². The summed E-state index contributed by atoms with van der Waals surface area (Å²) in [6.07, 6.45) is 0. The van der Waals surface area contributed by atoms with Crippen molar-refractivity contribution in [1.29, 1.82) is 0 Å². The molecule has 21 heavy (non-hydrogen) atoms. The maximum atomic E-state index is 6.27. The number of rotatable bonds is 7. The van der Waals surface area contributed by atoms with Crippen LogP contribution >= 0.6 is 11.6 Å². The van der Waals surface area contributed by atoms with Crippen molar-refractivity contribution in [3.63, 3.8) is 0 Å². The van der Waals surface area contributed by atoms with Crippen LogP contribution in [-0.4, -0.2) is 13.7 Å². The van der Waals surface area contributed by atoms with E-state index in [0.717, 1.165) is 18.7 Å². The van der Waals surface area contributed by atoms with E-state index in [-0.39, 0.29) is 0 Å². The second-order valence-corrected chi connectivity index (χ2v) is 5.13. The third kappa shape index (κ3) is 4.38. The minimum Gasteiger partial charge on any atom is -0.493 e. The normalized spacial score (nSPS) is 10.4. The molecule has 0 heterocycles.